The Kier molecular flexibility index (Phi) is 5.98. The zero-order valence-corrected chi connectivity index (χ0v) is 13.3. The van der Waals surface area contributed by atoms with Crippen LogP contribution >= 0.6 is 11.6 Å². The lowest BCUT2D eigenvalue weighted by Crippen LogP contribution is -2.26. The van der Waals surface area contributed by atoms with Gasteiger partial charge < -0.3 is 15.5 Å². The topological polar surface area (TPSA) is 81.1 Å². The lowest BCUT2D eigenvalue weighted by atomic mass is 10.1. The second-order valence-electron chi connectivity index (χ2n) is 5.10. The second-order valence-corrected chi connectivity index (χ2v) is 5.53. The number of halogens is 1. The number of carbonyl (C=O) groups is 1. The van der Waals surface area contributed by atoms with Gasteiger partial charge in [0, 0.05) is 11.6 Å². The Balaban J connectivity index is 1.83. The maximum atomic E-state index is 12.0. The predicted molar refractivity (Wildman–Crippen MR) is 85.8 cm³/mol. The van der Waals surface area contributed by atoms with Gasteiger partial charge in [-0.1, -0.05) is 37.1 Å². The number of oxazole rings is 1. The maximum absolute atomic E-state index is 12.0. The van der Waals surface area contributed by atoms with Crippen LogP contribution in [0.1, 0.15) is 47.7 Å². The molecule has 6 heteroatoms. The Bertz CT molecular complexity index is 610. The summed E-state index contributed by atoms with van der Waals surface area (Å²) in [7, 11) is 0. The Hall–Kier alpha value is -1.85. The monoisotopic (exact) mass is 321 g/mol. The van der Waals surface area contributed by atoms with E-state index in [4.69, 9.17) is 21.8 Å². The van der Waals surface area contributed by atoms with Crippen molar-refractivity contribution in [3.63, 3.8) is 0 Å². The summed E-state index contributed by atoms with van der Waals surface area (Å²) in [5, 5.41) is 3.51. The highest BCUT2D eigenvalue weighted by Gasteiger charge is 2.16. The van der Waals surface area contributed by atoms with E-state index in [0.717, 1.165) is 24.8 Å². The summed E-state index contributed by atoms with van der Waals surface area (Å²) in [5.41, 5.74) is 7.28. The molecule has 1 aromatic carbocycles. The Morgan fingerprint density at radius 3 is 2.82 bits per heavy atom. The molecule has 1 amide bonds. The summed E-state index contributed by atoms with van der Waals surface area (Å²) in [4.78, 5) is 16.1. The number of nitrogens with two attached hydrogens (primary N) is 1. The number of hydrogen-bond donors (Lipinski definition) is 2. The van der Waals surface area contributed by atoms with Crippen molar-refractivity contribution in [2.24, 2.45) is 5.73 Å². The van der Waals surface area contributed by atoms with Crippen LogP contribution in [0.5, 0.6) is 0 Å². The summed E-state index contributed by atoms with van der Waals surface area (Å²) < 4.78 is 5.27. The van der Waals surface area contributed by atoms with Crippen LogP contribution in [0.15, 0.2) is 34.9 Å². The first-order valence-electron chi connectivity index (χ1n) is 7.33. The first-order valence-corrected chi connectivity index (χ1v) is 7.71. The first kappa shape index (κ1) is 16.5. The summed E-state index contributed by atoms with van der Waals surface area (Å²) >= 11 is 5.83. The van der Waals surface area contributed by atoms with E-state index < -0.39 is 0 Å². The number of carbonyl (C=O) groups excluding carboxylic acids is 1. The van der Waals surface area contributed by atoms with Gasteiger partial charge in [0.1, 0.15) is 6.26 Å². The van der Waals surface area contributed by atoms with E-state index in [0.29, 0.717) is 17.5 Å². The highest BCUT2D eigenvalue weighted by Crippen LogP contribution is 2.15. The van der Waals surface area contributed by atoms with Crippen LogP contribution in [0.2, 0.25) is 5.02 Å². The lowest BCUT2D eigenvalue weighted by molar-refractivity contribution is 0.0949. The molecule has 0 saturated heterocycles. The van der Waals surface area contributed by atoms with Crippen molar-refractivity contribution in [3.05, 3.63) is 52.7 Å². The number of rotatable bonds is 7. The van der Waals surface area contributed by atoms with Crippen LogP contribution in [0.4, 0.5) is 0 Å². The Morgan fingerprint density at radius 2 is 2.14 bits per heavy atom. The van der Waals surface area contributed by atoms with Crippen LogP contribution < -0.4 is 11.1 Å². The molecular formula is C16H20ClN3O2. The molecule has 1 atom stereocenters. The highest BCUT2D eigenvalue weighted by molar-refractivity contribution is 6.30. The molecule has 3 N–H and O–H groups in total. The maximum Gasteiger partial charge on any atom is 0.273 e. The fraction of sp³-hybridized carbons (Fsp3) is 0.375. The molecule has 0 fully saturated rings. The van der Waals surface area contributed by atoms with Crippen LogP contribution in [0.25, 0.3) is 0 Å². The minimum Gasteiger partial charge on any atom is -0.446 e. The fourth-order valence-corrected chi connectivity index (χ4v) is 2.18. The van der Waals surface area contributed by atoms with Crippen LogP contribution in [-0.2, 0) is 6.42 Å². The number of amides is 1. The zero-order valence-electron chi connectivity index (χ0n) is 12.5. The normalized spacial score (nSPS) is 12.1. The van der Waals surface area contributed by atoms with Gasteiger partial charge in [0.2, 0.25) is 5.89 Å². The molecular weight excluding hydrogens is 302 g/mol. The van der Waals surface area contributed by atoms with E-state index in [-0.39, 0.29) is 17.6 Å². The van der Waals surface area contributed by atoms with Crippen LogP contribution in [0, 0.1) is 0 Å². The van der Waals surface area contributed by atoms with E-state index >= 15 is 0 Å². The van der Waals surface area contributed by atoms with Crippen LogP contribution in [0.3, 0.4) is 0 Å². The van der Waals surface area contributed by atoms with Gasteiger partial charge in [-0.25, -0.2) is 4.98 Å². The molecule has 2 aromatic rings. The number of nitrogens with zero attached hydrogens (tertiary/aromatic N) is 1. The minimum atomic E-state index is -0.263. The van der Waals surface area contributed by atoms with E-state index in [2.05, 4.69) is 10.3 Å². The van der Waals surface area contributed by atoms with Crippen molar-refractivity contribution in [1.29, 1.82) is 0 Å². The summed E-state index contributed by atoms with van der Waals surface area (Å²) in [5.74, 6) is 0.150. The molecule has 0 bridgehead atoms. The largest absolute Gasteiger partial charge is 0.446 e. The van der Waals surface area contributed by atoms with Crippen molar-refractivity contribution < 1.29 is 9.21 Å². The molecule has 0 aliphatic carbocycles. The molecule has 1 aromatic heterocycles. The average Bonchev–Trinajstić information content (AvgIpc) is 2.99. The molecule has 2 rings (SSSR count). The molecule has 0 aliphatic rings. The summed E-state index contributed by atoms with van der Waals surface area (Å²) in [6, 6.07) is 7.27. The van der Waals surface area contributed by atoms with Crippen molar-refractivity contribution in [2.75, 3.05) is 6.54 Å². The van der Waals surface area contributed by atoms with Crippen molar-refractivity contribution in [3.8, 4) is 0 Å². The third-order valence-corrected chi connectivity index (χ3v) is 3.54. The molecule has 0 aliphatic heterocycles. The third kappa shape index (κ3) is 4.58. The van der Waals surface area contributed by atoms with Gasteiger partial charge in [-0.2, -0.15) is 0 Å². The molecule has 5 nitrogen and oxygen atoms in total. The highest BCUT2D eigenvalue weighted by atomic mass is 35.5. The number of aromatic nitrogens is 1. The van der Waals surface area contributed by atoms with Gasteiger partial charge in [0.25, 0.3) is 5.91 Å². The summed E-state index contributed by atoms with van der Waals surface area (Å²) in [6.07, 6.45) is 3.79. The molecule has 118 valence electrons. The predicted octanol–water partition coefficient (Wildman–Crippen LogP) is 3.10. The second kappa shape index (κ2) is 7.96. The molecule has 0 radical (unpaired) electrons. The molecule has 0 saturated carbocycles. The van der Waals surface area contributed by atoms with Gasteiger partial charge in [0.05, 0.1) is 6.04 Å². The smallest absolute Gasteiger partial charge is 0.273 e. The number of benzene rings is 1. The first-order chi connectivity index (χ1) is 10.6. The van der Waals surface area contributed by atoms with Gasteiger partial charge in [-0.05, 0) is 30.5 Å². The van der Waals surface area contributed by atoms with E-state index in [9.17, 15) is 4.79 Å². The van der Waals surface area contributed by atoms with E-state index in [1.54, 1.807) is 0 Å². The van der Waals surface area contributed by atoms with Crippen molar-refractivity contribution >= 4 is 17.5 Å². The summed E-state index contributed by atoms with van der Waals surface area (Å²) in [6.45, 7) is 2.55. The fourth-order valence-electron chi connectivity index (χ4n) is 2.06. The van der Waals surface area contributed by atoms with E-state index in [1.165, 1.54) is 6.26 Å². The number of hydrogen-bond acceptors (Lipinski definition) is 4. The molecule has 1 unspecified atom stereocenters. The lowest BCUT2D eigenvalue weighted by Gasteiger charge is -2.04. The Labute approximate surface area is 134 Å². The van der Waals surface area contributed by atoms with Gasteiger partial charge in [-0.15, -0.1) is 0 Å². The van der Waals surface area contributed by atoms with Crippen molar-refractivity contribution in [2.45, 2.75) is 32.2 Å². The SMILES string of the molecule is CCCC(N)c1nc(C(=O)NCCc2ccc(Cl)cc2)co1. The standard InChI is InChI=1S/C16H20ClN3O2/c1-2-3-13(18)16-20-14(10-22-16)15(21)19-9-8-11-4-6-12(17)7-5-11/h4-7,10,13H,2-3,8-9,18H2,1H3,(H,19,21). The molecule has 0 spiro atoms. The van der Waals surface area contributed by atoms with Gasteiger partial charge >= 0.3 is 0 Å². The molecule has 1 heterocycles. The average molecular weight is 322 g/mol. The van der Waals surface area contributed by atoms with Crippen molar-refractivity contribution in [1.82, 2.24) is 10.3 Å². The van der Waals surface area contributed by atoms with Gasteiger partial charge in [0.15, 0.2) is 5.69 Å². The Morgan fingerprint density at radius 1 is 1.41 bits per heavy atom. The van der Waals surface area contributed by atoms with Gasteiger partial charge in [-0.3, -0.25) is 4.79 Å². The third-order valence-electron chi connectivity index (χ3n) is 3.28. The zero-order chi connectivity index (χ0) is 15.9. The molecule has 22 heavy (non-hydrogen) atoms. The van der Waals surface area contributed by atoms with E-state index in [1.807, 2.05) is 31.2 Å². The quantitative estimate of drug-likeness (QED) is 0.821. The minimum absolute atomic E-state index is 0.257. The van der Waals surface area contributed by atoms with Crippen LogP contribution in [-0.4, -0.2) is 17.4 Å². The number of nitrogens with one attached hydrogen (secondary N) is 1.